The maximum absolute atomic E-state index is 13.0. The summed E-state index contributed by atoms with van der Waals surface area (Å²) >= 11 is 0. The number of Topliss-reactive ketones (excluding diaryl/α,β-unsaturated/α-hetero) is 1. The van der Waals surface area contributed by atoms with Crippen LogP contribution in [0.5, 0.6) is 0 Å². The number of carboxylic acid groups (broad SMARTS) is 1. The molecule has 0 bridgehead atoms. The van der Waals surface area contributed by atoms with E-state index in [9.17, 15) is 27.6 Å². The average Bonchev–Trinajstić information content (AvgIpc) is 3.02. The highest BCUT2D eigenvalue weighted by atomic mass is 19.1. The van der Waals surface area contributed by atoms with Crippen molar-refractivity contribution in [3.8, 4) is 0 Å². The molecule has 10 heteroatoms. The van der Waals surface area contributed by atoms with Gasteiger partial charge in [-0.15, -0.1) is 0 Å². The van der Waals surface area contributed by atoms with Crippen LogP contribution in [0.1, 0.15) is 37.4 Å². The maximum atomic E-state index is 13.0. The summed E-state index contributed by atoms with van der Waals surface area (Å²) in [5.41, 5.74) is 13.1. The van der Waals surface area contributed by atoms with Gasteiger partial charge in [0.25, 0.3) is 11.7 Å². The molecule has 3 aromatic rings. The number of carbonyl (C=O) groups excluding carboxylic acids is 2. The number of ketones is 1. The number of halogens is 3. The van der Waals surface area contributed by atoms with Crippen molar-refractivity contribution in [2.45, 2.75) is 20.8 Å². The SMILES string of the molecule is Cc1cc(N)c(C(=O)O)cc1F.Cc1cc(N)ccc1F.Cc1cc2c(cc1F)C(=O)C(=O)N2. The molecule has 178 valence electrons. The third-order valence-corrected chi connectivity index (χ3v) is 4.74. The van der Waals surface area contributed by atoms with Crippen LogP contribution < -0.4 is 16.8 Å². The molecule has 1 amide bonds. The zero-order chi connectivity index (χ0) is 25.7. The summed E-state index contributed by atoms with van der Waals surface area (Å²) in [4.78, 5) is 32.4. The van der Waals surface area contributed by atoms with E-state index in [4.69, 9.17) is 16.6 Å². The van der Waals surface area contributed by atoms with E-state index in [0.717, 1.165) is 12.1 Å². The van der Waals surface area contributed by atoms with E-state index in [1.807, 2.05) is 0 Å². The molecule has 0 spiro atoms. The van der Waals surface area contributed by atoms with E-state index < -0.39 is 29.3 Å². The number of aromatic carboxylic acids is 1. The van der Waals surface area contributed by atoms with Gasteiger partial charge in [0.1, 0.15) is 17.5 Å². The predicted octanol–water partition coefficient (Wildman–Crippen LogP) is 4.40. The van der Waals surface area contributed by atoms with E-state index in [0.29, 0.717) is 28.1 Å². The Morgan fingerprint density at radius 2 is 1.38 bits per heavy atom. The van der Waals surface area contributed by atoms with Gasteiger partial charge in [-0.2, -0.15) is 0 Å². The lowest BCUT2D eigenvalue weighted by atomic mass is 10.1. The zero-order valence-electron chi connectivity index (χ0n) is 18.5. The first-order valence-corrected chi connectivity index (χ1v) is 9.78. The highest BCUT2D eigenvalue weighted by Crippen LogP contribution is 2.25. The van der Waals surface area contributed by atoms with Gasteiger partial charge in [0.05, 0.1) is 16.8 Å². The third-order valence-electron chi connectivity index (χ3n) is 4.74. The summed E-state index contributed by atoms with van der Waals surface area (Å²) in [5.74, 6) is -3.81. The van der Waals surface area contributed by atoms with Crippen LogP contribution in [0.4, 0.5) is 30.2 Å². The molecule has 7 nitrogen and oxygen atoms in total. The summed E-state index contributed by atoms with van der Waals surface area (Å²) in [6.45, 7) is 4.79. The van der Waals surface area contributed by atoms with Crippen molar-refractivity contribution in [1.82, 2.24) is 0 Å². The van der Waals surface area contributed by atoms with Crippen molar-refractivity contribution in [2.75, 3.05) is 16.8 Å². The predicted molar refractivity (Wildman–Crippen MR) is 122 cm³/mol. The number of nitrogens with one attached hydrogen (secondary N) is 1. The maximum Gasteiger partial charge on any atom is 0.337 e. The van der Waals surface area contributed by atoms with Gasteiger partial charge in [-0.1, -0.05) is 0 Å². The number of carbonyl (C=O) groups is 3. The molecule has 0 saturated heterocycles. The standard InChI is InChI=1S/C9H6FNO2.C8H8FNO2.C7H8FN/c1-4-2-7-5(3-6(4)10)8(12)9(13)11-7;1-4-2-7(10)5(8(11)12)3-6(4)9;1-5-4-6(9)2-3-7(5)8/h2-3H,1H3,(H,11,12,13);2-3H,10H2,1H3,(H,11,12);2-4H,9H2,1H3. The van der Waals surface area contributed by atoms with Crippen LogP contribution in [0.25, 0.3) is 0 Å². The topological polar surface area (TPSA) is 136 Å². The molecular weight excluding hydrogens is 451 g/mol. The first-order valence-electron chi connectivity index (χ1n) is 9.78. The zero-order valence-corrected chi connectivity index (χ0v) is 18.5. The number of anilines is 3. The summed E-state index contributed by atoms with van der Waals surface area (Å²) in [6, 6.07) is 9.28. The Morgan fingerprint density at radius 1 is 0.824 bits per heavy atom. The number of nitrogen functional groups attached to an aromatic ring is 2. The molecule has 0 aliphatic carbocycles. The molecule has 0 saturated carbocycles. The van der Waals surface area contributed by atoms with Crippen LogP contribution in [-0.2, 0) is 4.79 Å². The molecule has 0 radical (unpaired) electrons. The molecule has 1 aliphatic rings. The smallest absolute Gasteiger partial charge is 0.337 e. The van der Waals surface area contributed by atoms with Crippen LogP contribution in [0, 0.1) is 38.2 Å². The summed E-state index contributed by atoms with van der Waals surface area (Å²) in [7, 11) is 0. The number of amides is 1. The number of carboxylic acids is 1. The number of fused-ring (bicyclic) bond motifs is 1. The molecule has 34 heavy (non-hydrogen) atoms. The molecule has 1 aliphatic heterocycles. The Kier molecular flexibility index (Phi) is 8.02. The summed E-state index contributed by atoms with van der Waals surface area (Å²) < 4.78 is 38.2. The second-order valence-electron chi connectivity index (χ2n) is 7.43. The van der Waals surface area contributed by atoms with Crippen LogP contribution in [0.15, 0.2) is 42.5 Å². The van der Waals surface area contributed by atoms with Crippen LogP contribution in [0.3, 0.4) is 0 Å². The second-order valence-corrected chi connectivity index (χ2v) is 7.43. The van der Waals surface area contributed by atoms with E-state index in [1.165, 1.54) is 25.1 Å². The van der Waals surface area contributed by atoms with Crippen molar-refractivity contribution >= 4 is 34.7 Å². The van der Waals surface area contributed by atoms with Gasteiger partial charge in [0.15, 0.2) is 0 Å². The normalized spacial score (nSPS) is 11.5. The lowest BCUT2D eigenvalue weighted by Crippen LogP contribution is -2.12. The minimum Gasteiger partial charge on any atom is -0.478 e. The Balaban J connectivity index is 0.000000183. The van der Waals surface area contributed by atoms with Crippen molar-refractivity contribution in [3.63, 3.8) is 0 Å². The highest BCUT2D eigenvalue weighted by Gasteiger charge is 2.28. The molecule has 0 aromatic heterocycles. The van der Waals surface area contributed by atoms with E-state index in [-0.39, 0.29) is 22.6 Å². The van der Waals surface area contributed by atoms with Crippen LogP contribution >= 0.6 is 0 Å². The number of aryl methyl sites for hydroxylation is 3. The molecule has 0 unspecified atom stereocenters. The van der Waals surface area contributed by atoms with Gasteiger partial charge in [0, 0.05) is 11.4 Å². The second kappa shape index (κ2) is 10.5. The number of hydrogen-bond donors (Lipinski definition) is 4. The fraction of sp³-hybridized carbons (Fsp3) is 0.125. The van der Waals surface area contributed by atoms with Gasteiger partial charge in [0.2, 0.25) is 0 Å². The van der Waals surface area contributed by atoms with Crippen molar-refractivity contribution < 1.29 is 32.7 Å². The number of hydrogen-bond acceptors (Lipinski definition) is 5. The van der Waals surface area contributed by atoms with Gasteiger partial charge in [-0.25, -0.2) is 18.0 Å². The van der Waals surface area contributed by atoms with Crippen molar-refractivity contribution in [2.24, 2.45) is 0 Å². The molecular formula is C24H22F3N3O4. The Labute approximate surface area is 193 Å². The average molecular weight is 473 g/mol. The number of nitrogens with two attached hydrogens (primary N) is 2. The summed E-state index contributed by atoms with van der Waals surface area (Å²) in [5, 5.41) is 10.9. The van der Waals surface area contributed by atoms with Crippen molar-refractivity contribution in [1.29, 1.82) is 0 Å². The largest absolute Gasteiger partial charge is 0.478 e. The fourth-order valence-corrected chi connectivity index (χ4v) is 2.83. The summed E-state index contributed by atoms with van der Waals surface area (Å²) in [6.07, 6.45) is 0. The molecule has 0 fully saturated rings. The van der Waals surface area contributed by atoms with E-state index in [2.05, 4.69) is 5.32 Å². The van der Waals surface area contributed by atoms with E-state index in [1.54, 1.807) is 26.0 Å². The van der Waals surface area contributed by atoms with Gasteiger partial charge in [-0.05, 0) is 79.9 Å². The Morgan fingerprint density at radius 3 is 1.94 bits per heavy atom. The Hall–Kier alpha value is -4.34. The molecule has 1 heterocycles. The lowest BCUT2D eigenvalue weighted by Gasteiger charge is -2.02. The first kappa shape index (κ1) is 25.9. The third kappa shape index (κ3) is 6.12. The van der Waals surface area contributed by atoms with Crippen molar-refractivity contribution in [3.05, 3.63) is 87.7 Å². The van der Waals surface area contributed by atoms with E-state index >= 15 is 0 Å². The first-order chi connectivity index (χ1) is 15.8. The van der Waals surface area contributed by atoms with Gasteiger partial charge in [-0.3, -0.25) is 9.59 Å². The molecule has 3 aromatic carbocycles. The molecule has 0 atom stereocenters. The van der Waals surface area contributed by atoms with Crippen LogP contribution in [0.2, 0.25) is 0 Å². The molecule has 6 N–H and O–H groups in total. The fourth-order valence-electron chi connectivity index (χ4n) is 2.83. The van der Waals surface area contributed by atoms with Gasteiger partial charge < -0.3 is 21.9 Å². The quantitative estimate of drug-likeness (QED) is 0.306. The minimum atomic E-state index is -1.22. The minimum absolute atomic E-state index is 0.0846. The Bertz CT molecular complexity index is 1290. The van der Waals surface area contributed by atoms with Crippen LogP contribution in [-0.4, -0.2) is 22.8 Å². The molecule has 4 rings (SSSR count). The van der Waals surface area contributed by atoms with Gasteiger partial charge >= 0.3 is 5.97 Å². The lowest BCUT2D eigenvalue weighted by molar-refractivity contribution is -0.112. The highest BCUT2D eigenvalue weighted by molar-refractivity contribution is 6.51. The number of rotatable bonds is 1. The number of benzene rings is 3. The monoisotopic (exact) mass is 473 g/mol.